The first-order valence-electron chi connectivity index (χ1n) is 10.6. The van der Waals surface area contributed by atoms with Gasteiger partial charge in [-0.15, -0.1) is 0 Å². The molecule has 2 aliphatic rings. The van der Waals surface area contributed by atoms with E-state index in [9.17, 15) is 21.2 Å². The lowest BCUT2D eigenvalue weighted by Crippen LogP contribution is -2.40. The van der Waals surface area contributed by atoms with E-state index >= 15 is 0 Å². The molecule has 2 N–H and O–H groups in total. The van der Waals surface area contributed by atoms with Gasteiger partial charge in [-0.05, 0) is 49.2 Å². The van der Waals surface area contributed by atoms with Crippen LogP contribution in [0.3, 0.4) is 0 Å². The zero-order valence-corrected chi connectivity index (χ0v) is 19.5. The quantitative estimate of drug-likeness (QED) is 0.573. The molecule has 12 heteroatoms. The molecular weight excluding hydrogens is 473 g/mol. The molecule has 2 fully saturated rings. The molecule has 33 heavy (non-hydrogen) atoms. The van der Waals surface area contributed by atoms with E-state index < -0.39 is 25.9 Å². The topological polar surface area (TPSA) is 114 Å². The minimum Gasteiger partial charge on any atom is -0.381 e. The Balaban J connectivity index is 1.66. The highest BCUT2D eigenvalue weighted by atomic mass is 32.2. The highest BCUT2D eigenvalue weighted by Gasteiger charge is 2.28. The minimum atomic E-state index is -4.17. The Labute approximate surface area is 193 Å². The minimum absolute atomic E-state index is 0.0190. The van der Waals surface area contributed by atoms with Gasteiger partial charge in [0.25, 0.3) is 10.0 Å². The number of rotatable bonds is 8. The molecule has 0 saturated carbocycles. The van der Waals surface area contributed by atoms with E-state index in [0.717, 1.165) is 25.0 Å². The number of benzene rings is 2. The van der Waals surface area contributed by atoms with Crippen LogP contribution in [0.4, 0.5) is 15.8 Å². The largest absolute Gasteiger partial charge is 0.381 e. The monoisotopic (exact) mass is 499 g/mol. The van der Waals surface area contributed by atoms with Gasteiger partial charge in [0.05, 0.1) is 40.5 Å². The van der Waals surface area contributed by atoms with Gasteiger partial charge in [0.2, 0.25) is 10.0 Å². The van der Waals surface area contributed by atoms with Crippen LogP contribution >= 0.6 is 0 Å². The Hall–Kier alpha value is -2.25. The lowest BCUT2D eigenvalue weighted by atomic mass is 10.2. The van der Waals surface area contributed by atoms with E-state index in [2.05, 4.69) is 10.0 Å². The SMILES string of the molecule is O=S(=O)(Nc1cc(S(=O)(=O)N2CCOCC2)ccc1NCC1CCCO1)c1cccc(F)c1. The number of nitrogens with zero attached hydrogens (tertiary/aromatic N) is 1. The maximum absolute atomic E-state index is 13.6. The molecular formula is C21H26FN3O6S2. The fourth-order valence-electron chi connectivity index (χ4n) is 3.73. The highest BCUT2D eigenvalue weighted by Crippen LogP contribution is 2.30. The van der Waals surface area contributed by atoms with E-state index in [1.54, 1.807) is 0 Å². The first kappa shape index (κ1) is 23.9. The summed E-state index contributed by atoms with van der Waals surface area (Å²) in [7, 11) is -8.03. The molecule has 1 atom stereocenters. The molecule has 2 saturated heterocycles. The summed E-state index contributed by atoms with van der Waals surface area (Å²) in [5.41, 5.74) is 0.443. The molecule has 0 aliphatic carbocycles. The second kappa shape index (κ2) is 9.94. The molecule has 0 spiro atoms. The van der Waals surface area contributed by atoms with Crippen molar-refractivity contribution in [3.63, 3.8) is 0 Å². The van der Waals surface area contributed by atoms with Crippen LogP contribution in [-0.4, -0.2) is 66.7 Å². The lowest BCUT2D eigenvalue weighted by Gasteiger charge is -2.26. The Bertz CT molecular complexity index is 1190. The Morgan fingerprint density at radius 3 is 2.45 bits per heavy atom. The standard InChI is InChI=1S/C21H26FN3O6S2/c22-16-3-1-5-18(13-16)32(26,27)24-21-14-19(33(28,29)25-8-11-30-12-9-25)6-7-20(21)23-15-17-4-2-10-31-17/h1,3,5-7,13-14,17,23-24H,2,4,8-12,15H2. The molecule has 180 valence electrons. The van der Waals surface area contributed by atoms with E-state index in [4.69, 9.17) is 9.47 Å². The molecule has 2 aromatic carbocycles. The Morgan fingerprint density at radius 2 is 1.76 bits per heavy atom. The zero-order valence-electron chi connectivity index (χ0n) is 17.9. The number of hydrogen-bond donors (Lipinski definition) is 2. The number of hydrogen-bond acceptors (Lipinski definition) is 7. The Kier molecular flexibility index (Phi) is 7.19. The molecule has 0 radical (unpaired) electrons. The second-order valence-corrected chi connectivity index (χ2v) is 11.4. The van der Waals surface area contributed by atoms with Crippen molar-refractivity contribution >= 4 is 31.4 Å². The number of sulfonamides is 2. The molecule has 2 aliphatic heterocycles. The van der Waals surface area contributed by atoms with Gasteiger partial charge in [0.15, 0.2) is 0 Å². The fraction of sp³-hybridized carbons (Fsp3) is 0.429. The average molecular weight is 500 g/mol. The van der Waals surface area contributed by atoms with E-state index in [1.165, 1.54) is 34.6 Å². The van der Waals surface area contributed by atoms with Crippen molar-refractivity contribution in [3.05, 3.63) is 48.3 Å². The van der Waals surface area contributed by atoms with Gasteiger partial charge in [0.1, 0.15) is 5.82 Å². The summed E-state index contributed by atoms with van der Waals surface area (Å²) >= 11 is 0. The van der Waals surface area contributed by atoms with Gasteiger partial charge < -0.3 is 14.8 Å². The maximum Gasteiger partial charge on any atom is 0.262 e. The van der Waals surface area contributed by atoms with Crippen LogP contribution in [0.2, 0.25) is 0 Å². The molecule has 2 heterocycles. The third-order valence-electron chi connectivity index (χ3n) is 5.49. The molecule has 4 rings (SSSR count). The molecule has 0 aromatic heterocycles. The van der Waals surface area contributed by atoms with Crippen molar-refractivity contribution in [3.8, 4) is 0 Å². The van der Waals surface area contributed by atoms with Crippen LogP contribution in [0.1, 0.15) is 12.8 Å². The van der Waals surface area contributed by atoms with Crippen LogP contribution < -0.4 is 10.0 Å². The second-order valence-electron chi connectivity index (χ2n) is 7.80. The van der Waals surface area contributed by atoms with Crippen molar-refractivity contribution in [1.29, 1.82) is 0 Å². The number of ether oxygens (including phenoxy) is 2. The molecule has 0 amide bonds. The van der Waals surface area contributed by atoms with Crippen LogP contribution in [0.15, 0.2) is 52.3 Å². The van der Waals surface area contributed by atoms with Gasteiger partial charge in [-0.3, -0.25) is 4.72 Å². The van der Waals surface area contributed by atoms with Gasteiger partial charge in [0, 0.05) is 26.2 Å². The molecule has 1 unspecified atom stereocenters. The smallest absolute Gasteiger partial charge is 0.262 e. The number of morpholine rings is 1. The summed E-state index contributed by atoms with van der Waals surface area (Å²) in [6.45, 7) is 2.11. The predicted molar refractivity (Wildman–Crippen MR) is 121 cm³/mol. The molecule has 9 nitrogen and oxygen atoms in total. The summed E-state index contributed by atoms with van der Waals surface area (Å²) in [4.78, 5) is -0.321. The number of anilines is 2. The van der Waals surface area contributed by atoms with Gasteiger partial charge >= 0.3 is 0 Å². The first-order valence-corrected chi connectivity index (χ1v) is 13.5. The average Bonchev–Trinajstić information content (AvgIpc) is 3.32. The summed E-state index contributed by atoms with van der Waals surface area (Å²) in [5, 5.41) is 3.14. The number of halogens is 1. The maximum atomic E-state index is 13.6. The predicted octanol–water partition coefficient (Wildman–Crippen LogP) is 2.24. The molecule has 0 bridgehead atoms. The zero-order chi connectivity index (χ0) is 23.5. The number of nitrogens with one attached hydrogen (secondary N) is 2. The van der Waals surface area contributed by atoms with Gasteiger partial charge in [-0.2, -0.15) is 4.31 Å². The third-order valence-corrected chi connectivity index (χ3v) is 8.75. The fourth-order valence-corrected chi connectivity index (χ4v) is 6.26. The van der Waals surface area contributed by atoms with Crippen LogP contribution in [0, 0.1) is 5.82 Å². The van der Waals surface area contributed by atoms with E-state index in [1.807, 2.05) is 0 Å². The first-order chi connectivity index (χ1) is 15.8. The lowest BCUT2D eigenvalue weighted by molar-refractivity contribution is 0.0730. The van der Waals surface area contributed by atoms with Crippen LogP contribution in [-0.2, 0) is 29.5 Å². The van der Waals surface area contributed by atoms with E-state index in [0.29, 0.717) is 32.1 Å². The van der Waals surface area contributed by atoms with Crippen molar-refractivity contribution < 1.29 is 30.7 Å². The summed E-state index contributed by atoms with van der Waals surface area (Å²) < 4.78 is 80.2. The van der Waals surface area contributed by atoms with Crippen molar-refractivity contribution in [1.82, 2.24) is 4.31 Å². The van der Waals surface area contributed by atoms with Crippen molar-refractivity contribution in [2.24, 2.45) is 0 Å². The highest BCUT2D eigenvalue weighted by molar-refractivity contribution is 7.92. The summed E-state index contributed by atoms with van der Waals surface area (Å²) in [5.74, 6) is -0.696. The summed E-state index contributed by atoms with van der Waals surface area (Å²) in [6.07, 6.45) is 1.80. The third kappa shape index (κ3) is 5.64. The van der Waals surface area contributed by atoms with Crippen LogP contribution in [0.25, 0.3) is 0 Å². The van der Waals surface area contributed by atoms with Gasteiger partial charge in [-0.1, -0.05) is 6.07 Å². The van der Waals surface area contributed by atoms with Crippen molar-refractivity contribution in [2.75, 3.05) is 49.5 Å². The Morgan fingerprint density at radius 1 is 0.970 bits per heavy atom. The normalized spacial score (nSPS) is 20.0. The van der Waals surface area contributed by atoms with Crippen LogP contribution in [0.5, 0.6) is 0 Å². The summed E-state index contributed by atoms with van der Waals surface area (Å²) in [6, 6.07) is 8.83. The van der Waals surface area contributed by atoms with Gasteiger partial charge in [-0.25, -0.2) is 21.2 Å². The van der Waals surface area contributed by atoms with E-state index in [-0.39, 0.29) is 34.7 Å². The van der Waals surface area contributed by atoms with Crippen molar-refractivity contribution in [2.45, 2.75) is 28.7 Å². The molecule has 2 aromatic rings.